The van der Waals surface area contributed by atoms with Crippen molar-refractivity contribution in [3.63, 3.8) is 0 Å². The van der Waals surface area contributed by atoms with E-state index in [0.717, 1.165) is 24.5 Å². The van der Waals surface area contributed by atoms with Crippen LogP contribution in [0.5, 0.6) is 0 Å². The molecule has 1 unspecified atom stereocenters. The Bertz CT molecular complexity index is 892. The quantitative estimate of drug-likeness (QED) is 0.718. The second-order valence-corrected chi connectivity index (χ2v) is 7.39. The van der Waals surface area contributed by atoms with Gasteiger partial charge in [-0.3, -0.25) is 9.69 Å². The molecule has 0 radical (unpaired) electrons. The van der Waals surface area contributed by atoms with Crippen LogP contribution in [0.1, 0.15) is 53.7 Å². The Hall–Kier alpha value is -2.20. The molecule has 30 heavy (non-hydrogen) atoms. The van der Waals surface area contributed by atoms with Crippen LogP contribution in [0.4, 0.5) is 8.78 Å². The molecule has 156 valence electrons. The van der Waals surface area contributed by atoms with Crippen LogP contribution in [-0.2, 0) is 11.3 Å². The molecular weight excluding hydrogens is 385 g/mol. The van der Waals surface area contributed by atoms with Gasteiger partial charge in [-0.1, -0.05) is 24.6 Å². The third kappa shape index (κ3) is 5.91. The number of aromatic carboxylic acids is 1. The van der Waals surface area contributed by atoms with E-state index in [-0.39, 0.29) is 42.4 Å². The monoisotopic (exact) mass is 410 g/mol. The van der Waals surface area contributed by atoms with Crippen LogP contribution in [-0.4, -0.2) is 53.3 Å². The second-order valence-electron chi connectivity index (χ2n) is 7.39. The third-order valence-electron chi connectivity index (χ3n) is 5.30. The van der Waals surface area contributed by atoms with Gasteiger partial charge >= 0.3 is 24.8 Å². The maximum absolute atomic E-state index is 13.5. The van der Waals surface area contributed by atoms with E-state index in [9.17, 15) is 18.4 Å². The van der Waals surface area contributed by atoms with Crippen LogP contribution in [0, 0.1) is 11.6 Å². The van der Waals surface area contributed by atoms with Gasteiger partial charge in [0.15, 0.2) is 11.6 Å². The first kappa shape index (κ1) is 24.1. The van der Waals surface area contributed by atoms with Crippen molar-refractivity contribution in [2.24, 2.45) is 0 Å². The average Bonchev–Trinajstić information content (AvgIpc) is 2.71. The molecule has 0 saturated carbocycles. The van der Waals surface area contributed by atoms with E-state index in [0.29, 0.717) is 25.1 Å². The zero-order valence-electron chi connectivity index (χ0n) is 16.2. The van der Waals surface area contributed by atoms with Crippen molar-refractivity contribution < 1.29 is 23.5 Å². The summed E-state index contributed by atoms with van der Waals surface area (Å²) in [4.78, 5) is 25.9. The Morgan fingerprint density at radius 2 is 1.83 bits per heavy atom. The standard InChI is InChI=1S/C22H24F2N2O3.Li.H/c1-14(16-6-8-17(9-7-16)22(28)29)25-21(27)20-4-2-3-11-26(20)13-15-5-10-18(23)19(24)12-15;;/h5-10,12,14,20H,2-4,11,13H2,1H3,(H,25,27)(H,28,29);;/t14-,20?;;/m0../s1. The number of carboxylic acid groups (broad SMARTS) is 1. The zero-order chi connectivity index (χ0) is 21.0. The molecule has 1 aliphatic heterocycles. The molecule has 8 heteroatoms. The number of nitrogens with zero attached hydrogens (tertiary/aromatic N) is 1. The number of carboxylic acids is 1. The summed E-state index contributed by atoms with van der Waals surface area (Å²) in [6.07, 6.45) is 2.56. The van der Waals surface area contributed by atoms with Crippen molar-refractivity contribution in [2.45, 2.75) is 44.8 Å². The zero-order valence-corrected chi connectivity index (χ0v) is 16.2. The van der Waals surface area contributed by atoms with Gasteiger partial charge in [0.2, 0.25) is 5.91 Å². The topological polar surface area (TPSA) is 69.6 Å². The third-order valence-corrected chi connectivity index (χ3v) is 5.30. The van der Waals surface area contributed by atoms with E-state index in [1.807, 2.05) is 11.8 Å². The summed E-state index contributed by atoms with van der Waals surface area (Å²) in [6, 6.07) is 9.58. The molecule has 0 aliphatic carbocycles. The molecule has 2 aromatic carbocycles. The fourth-order valence-electron chi connectivity index (χ4n) is 3.66. The number of benzene rings is 2. The molecule has 0 aromatic heterocycles. The van der Waals surface area contributed by atoms with Crippen molar-refractivity contribution >= 4 is 30.7 Å². The number of hydrogen-bond donors (Lipinski definition) is 2. The van der Waals surface area contributed by atoms with Gasteiger partial charge in [-0.15, -0.1) is 0 Å². The van der Waals surface area contributed by atoms with Crippen LogP contribution >= 0.6 is 0 Å². The van der Waals surface area contributed by atoms with E-state index in [1.165, 1.54) is 24.3 Å². The molecule has 1 aliphatic rings. The number of likely N-dealkylation sites (tertiary alicyclic amines) is 1. The van der Waals surface area contributed by atoms with E-state index >= 15 is 0 Å². The number of rotatable bonds is 6. The Labute approximate surface area is 186 Å². The SMILES string of the molecule is C[C@H](NC(=O)C1CCCCN1Cc1ccc(F)c(F)c1)c1ccc(C(=O)O)cc1.[LiH]. The fraction of sp³-hybridized carbons (Fsp3) is 0.364. The molecule has 1 heterocycles. The summed E-state index contributed by atoms with van der Waals surface area (Å²) in [7, 11) is 0. The normalized spacial score (nSPS) is 17.6. The Kier molecular flexibility index (Phi) is 8.60. The van der Waals surface area contributed by atoms with Gasteiger partial charge in [-0.2, -0.15) is 0 Å². The summed E-state index contributed by atoms with van der Waals surface area (Å²) in [6.45, 7) is 2.92. The average molecular weight is 410 g/mol. The van der Waals surface area contributed by atoms with Gasteiger partial charge in [0, 0.05) is 6.54 Å². The van der Waals surface area contributed by atoms with Crippen LogP contribution in [0.15, 0.2) is 42.5 Å². The van der Waals surface area contributed by atoms with Crippen LogP contribution in [0.2, 0.25) is 0 Å². The molecule has 3 rings (SSSR count). The molecule has 2 aromatic rings. The first-order valence-electron chi connectivity index (χ1n) is 9.67. The number of amides is 1. The summed E-state index contributed by atoms with van der Waals surface area (Å²) in [5.74, 6) is -2.89. The number of nitrogens with one attached hydrogen (secondary N) is 1. The van der Waals surface area contributed by atoms with Crippen LogP contribution in [0.3, 0.4) is 0 Å². The van der Waals surface area contributed by atoms with Crippen LogP contribution < -0.4 is 5.32 Å². The van der Waals surface area contributed by atoms with Crippen molar-refractivity contribution in [1.29, 1.82) is 0 Å². The van der Waals surface area contributed by atoms with E-state index in [1.54, 1.807) is 12.1 Å². The number of piperidine rings is 1. The van der Waals surface area contributed by atoms with Crippen molar-refractivity contribution in [3.05, 3.63) is 70.8 Å². The molecule has 1 amide bonds. The Balaban J connectivity index is 0.00000320. The molecule has 1 saturated heterocycles. The van der Waals surface area contributed by atoms with Gasteiger partial charge in [0.1, 0.15) is 0 Å². The first-order valence-corrected chi connectivity index (χ1v) is 9.67. The fourth-order valence-corrected chi connectivity index (χ4v) is 3.66. The first-order chi connectivity index (χ1) is 13.8. The molecular formula is C22H25F2LiN2O3. The molecule has 5 nitrogen and oxygen atoms in total. The van der Waals surface area contributed by atoms with Crippen molar-refractivity contribution in [2.75, 3.05) is 6.54 Å². The summed E-state index contributed by atoms with van der Waals surface area (Å²) in [5.41, 5.74) is 1.63. The van der Waals surface area contributed by atoms with Gasteiger partial charge < -0.3 is 10.4 Å². The molecule has 1 fully saturated rings. The maximum atomic E-state index is 13.5. The minimum absolute atomic E-state index is 0. The number of halogens is 2. The Morgan fingerprint density at radius 1 is 1.13 bits per heavy atom. The van der Waals surface area contributed by atoms with Gasteiger partial charge in [-0.25, -0.2) is 13.6 Å². The molecule has 2 N–H and O–H groups in total. The van der Waals surface area contributed by atoms with Gasteiger partial charge in [0.05, 0.1) is 17.6 Å². The summed E-state index contributed by atoms with van der Waals surface area (Å²) >= 11 is 0. The van der Waals surface area contributed by atoms with E-state index < -0.39 is 17.6 Å². The number of hydrogen-bond acceptors (Lipinski definition) is 3. The predicted octanol–water partition coefficient (Wildman–Crippen LogP) is 3.25. The summed E-state index contributed by atoms with van der Waals surface area (Å²) in [5, 5.41) is 12.0. The second kappa shape index (κ2) is 10.7. The van der Waals surface area contributed by atoms with E-state index in [4.69, 9.17) is 5.11 Å². The Morgan fingerprint density at radius 3 is 2.47 bits per heavy atom. The molecule has 2 atom stereocenters. The van der Waals surface area contributed by atoms with Crippen molar-refractivity contribution in [3.8, 4) is 0 Å². The minimum atomic E-state index is -0.997. The summed E-state index contributed by atoms with van der Waals surface area (Å²) < 4.78 is 26.7. The van der Waals surface area contributed by atoms with Gasteiger partial charge in [-0.05, 0) is 61.7 Å². The van der Waals surface area contributed by atoms with Crippen LogP contribution in [0.25, 0.3) is 0 Å². The number of carbonyl (C=O) groups is 2. The van der Waals surface area contributed by atoms with Gasteiger partial charge in [0.25, 0.3) is 0 Å². The molecule has 0 spiro atoms. The molecule has 0 bridgehead atoms. The van der Waals surface area contributed by atoms with E-state index in [2.05, 4.69) is 5.32 Å². The predicted molar refractivity (Wildman–Crippen MR) is 112 cm³/mol. The van der Waals surface area contributed by atoms with Crippen molar-refractivity contribution in [1.82, 2.24) is 10.2 Å². The number of carbonyl (C=O) groups excluding carboxylic acids is 1.